The predicted octanol–water partition coefficient (Wildman–Crippen LogP) is 1.49. The average molecular weight is 206 g/mol. The first-order valence-corrected chi connectivity index (χ1v) is 4.65. The van der Waals surface area contributed by atoms with Gasteiger partial charge in [0.2, 0.25) is 0 Å². The minimum atomic E-state index is -1.20. The van der Waals surface area contributed by atoms with Crippen molar-refractivity contribution in [3.8, 4) is 0 Å². The summed E-state index contributed by atoms with van der Waals surface area (Å²) in [6.45, 7) is -0.485. The molecule has 0 aromatic heterocycles. The van der Waals surface area contributed by atoms with E-state index in [2.05, 4.69) is 0 Å². The Hall–Kier alpha value is -1.58. The van der Waals surface area contributed by atoms with Crippen LogP contribution in [0.3, 0.4) is 0 Å². The number of rotatable bonds is 4. The average Bonchev–Trinajstić information content (AvgIpc) is 2.29. The van der Waals surface area contributed by atoms with Gasteiger partial charge in [-0.2, -0.15) is 0 Å². The maximum atomic E-state index is 9.20. The fourth-order valence-corrected chi connectivity index (χ4v) is 1.03. The Bertz CT molecular complexity index is 341. The van der Waals surface area contributed by atoms with Gasteiger partial charge < -0.3 is 15.3 Å². The first kappa shape index (κ1) is 11.5. The van der Waals surface area contributed by atoms with Crippen molar-refractivity contribution in [1.29, 1.82) is 0 Å². The Labute approximate surface area is 88.6 Å². The Morgan fingerprint density at radius 1 is 1.27 bits per heavy atom. The molecule has 1 aromatic rings. The zero-order valence-electron chi connectivity index (χ0n) is 8.24. The van der Waals surface area contributed by atoms with Crippen molar-refractivity contribution < 1.29 is 15.3 Å². The van der Waals surface area contributed by atoms with Crippen LogP contribution in [-0.2, 0) is 0 Å². The molecule has 1 unspecified atom stereocenters. The second-order valence-electron chi connectivity index (χ2n) is 3.06. The fourth-order valence-electron chi connectivity index (χ4n) is 1.03. The van der Waals surface area contributed by atoms with Gasteiger partial charge in [0.05, 0.1) is 6.61 Å². The molecule has 1 aromatic carbocycles. The lowest BCUT2D eigenvalue weighted by molar-refractivity contribution is 0.0872. The molecule has 0 fully saturated rings. The number of aliphatic hydroxyl groups is 3. The van der Waals surface area contributed by atoms with Gasteiger partial charge in [0.25, 0.3) is 0 Å². The summed E-state index contributed by atoms with van der Waals surface area (Å²) in [6.07, 6.45) is 3.56. The molecule has 0 aliphatic rings. The quantitative estimate of drug-likeness (QED) is 0.516. The van der Waals surface area contributed by atoms with Crippen molar-refractivity contribution in [3.63, 3.8) is 0 Å². The van der Waals surface area contributed by atoms with Crippen LogP contribution < -0.4 is 0 Å². The van der Waals surface area contributed by atoms with Gasteiger partial charge in [0, 0.05) is 0 Å². The van der Waals surface area contributed by atoms with E-state index >= 15 is 0 Å². The summed E-state index contributed by atoms with van der Waals surface area (Å²) < 4.78 is 0. The maximum Gasteiger partial charge on any atom is 0.134 e. The molecule has 3 nitrogen and oxygen atoms in total. The number of aliphatic hydroxyl groups excluding tert-OH is 3. The Kier molecular flexibility index (Phi) is 4.60. The van der Waals surface area contributed by atoms with Crippen molar-refractivity contribution in [2.24, 2.45) is 0 Å². The van der Waals surface area contributed by atoms with Crippen LogP contribution in [0.15, 0.2) is 48.2 Å². The molecule has 1 atom stereocenters. The third-order valence-corrected chi connectivity index (χ3v) is 1.87. The molecule has 0 saturated heterocycles. The fraction of sp³-hybridized carbons (Fsp3) is 0.167. The molecule has 3 N–H and O–H groups in total. The van der Waals surface area contributed by atoms with Crippen LogP contribution in [0.4, 0.5) is 0 Å². The van der Waals surface area contributed by atoms with Crippen LogP contribution in [0, 0.1) is 0 Å². The van der Waals surface area contributed by atoms with Gasteiger partial charge in [-0.25, -0.2) is 0 Å². The zero-order chi connectivity index (χ0) is 11.1. The second kappa shape index (κ2) is 6.01. The maximum absolute atomic E-state index is 9.20. The Balaban J connectivity index is 2.60. The lowest BCUT2D eigenvalue weighted by Crippen LogP contribution is -2.14. The molecule has 0 spiro atoms. The lowest BCUT2D eigenvalue weighted by atomic mass is 10.2. The number of allylic oxidation sites excluding steroid dienone is 2. The van der Waals surface area contributed by atoms with Crippen LogP contribution in [0.1, 0.15) is 5.56 Å². The molecule has 0 aliphatic carbocycles. The van der Waals surface area contributed by atoms with E-state index in [0.29, 0.717) is 0 Å². The third-order valence-electron chi connectivity index (χ3n) is 1.87. The summed E-state index contributed by atoms with van der Waals surface area (Å²) in [7, 11) is 0. The van der Waals surface area contributed by atoms with E-state index in [0.717, 1.165) is 5.56 Å². The third kappa shape index (κ3) is 3.97. The van der Waals surface area contributed by atoms with Gasteiger partial charge in [0.15, 0.2) is 0 Å². The van der Waals surface area contributed by atoms with Crippen LogP contribution in [0.25, 0.3) is 6.08 Å². The van der Waals surface area contributed by atoms with E-state index in [1.54, 1.807) is 12.2 Å². The summed E-state index contributed by atoms with van der Waals surface area (Å²) in [5, 5.41) is 26.8. The van der Waals surface area contributed by atoms with Crippen LogP contribution in [-0.4, -0.2) is 28.0 Å². The van der Waals surface area contributed by atoms with Gasteiger partial charge in [-0.15, -0.1) is 0 Å². The topological polar surface area (TPSA) is 60.7 Å². The first-order valence-electron chi connectivity index (χ1n) is 4.65. The van der Waals surface area contributed by atoms with E-state index in [1.807, 2.05) is 30.3 Å². The molecule has 0 bridgehead atoms. The van der Waals surface area contributed by atoms with E-state index in [-0.39, 0.29) is 5.76 Å². The highest BCUT2D eigenvalue weighted by Gasteiger charge is 2.04. The molecule has 0 aliphatic heterocycles. The second-order valence-corrected chi connectivity index (χ2v) is 3.06. The molecule has 0 radical (unpaired) electrons. The van der Waals surface area contributed by atoms with Crippen LogP contribution in [0.5, 0.6) is 0 Å². The molecular weight excluding hydrogens is 192 g/mol. The van der Waals surface area contributed by atoms with Gasteiger partial charge in [-0.1, -0.05) is 42.5 Å². The summed E-state index contributed by atoms with van der Waals surface area (Å²) in [6, 6.07) is 9.57. The van der Waals surface area contributed by atoms with E-state index < -0.39 is 12.7 Å². The van der Waals surface area contributed by atoms with Gasteiger partial charge >= 0.3 is 0 Å². The lowest BCUT2D eigenvalue weighted by Gasteiger charge is -2.03. The number of hydrogen-bond donors (Lipinski definition) is 3. The SMILES string of the molecule is OCC(O)C(O)=CC=Cc1ccccc1. The van der Waals surface area contributed by atoms with Crippen molar-refractivity contribution in [2.75, 3.05) is 6.61 Å². The largest absolute Gasteiger partial charge is 0.509 e. The summed E-state index contributed by atoms with van der Waals surface area (Å²) in [5.74, 6) is -0.246. The van der Waals surface area contributed by atoms with Gasteiger partial charge in [0.1, 0.15) is 11.9 Å². The van der Waals surface area contributed by atoms with Crippen molar-refractivity contribution in [1.82, 2.24) is 0 Å². The molecule has 1 rings (SSSR count). The van der Waals surface area contributed by atoms with Crippen LogP contribution in [0.2, 0.25) is 0 Å². The zero-order valence-corrected chi connectivity index (χ0v) is 8.24. The molecule has 0 amide bonds. The molecule has 80 valence electrons. The van der Waals surface area contributed by atoms with Gasteiger partial charge in [-0.3, -0.25) is 0 Å². The highest BCUT2D eigenvalue weighted by Crippen LogP contribution is 2.03. The Morgan fingerprint density at radius 3 is 2.53 bits per heavy atom. The predicted molar refractivity (Wildman–Crippen MR) is 59.3 cm³/mol. The summed E-state index contributed by atoms with van der Waals surface area (Å²) >= 11 is 0. The molecule has 15 heavy (non-hydrogen) atoms. The summed E-state index contributed by atoms with van der Waals surface area (Å²) in [5.41, 5.74) is 1.00. The van der Waals surface area contributed by atoms with Crippen molar-refractivity contribution >= 4 is 6.08 Å². The van der Waals surface area contributed by atoms with Crippen molar-refractivity contribution in [3.05, 3.63) is 53.8 Å². The van der Waals surface area contributed by atoms with E-state index in [1.165, 1.54) is 6.08 Å². The molecule has 3 heteroatoms. The Morgan fingerprint density at radius 2 is 1.93 bits per heavy atom. The smallest absolute Gasteiger partial charge is 0.134 e. The monoisotopic (exact) mass is 206 g/mol. The minimum absolute atomic E-state index is 0.246. The van der Waals surface area contributed by atoms with E-state index in [9.17, 15) is 5.11 Å². The highest BCUT2D eigenvalue weighted by molar-refractivity contribution is 5.50. The molecule has 0 saturated carbocycles. The normalized spacial score (nSPS) is 14.4. The summed E-state index contributed by atoms with van der Waals surface area (Å²) in [4.78, 5) is 0. The minimum Gasteiger partial charge on any atom is -0.509 e. The molecule has 0 heterocycles. The molecular formula is C12H14O3. The van der Waals surface area contributed by atoms with Gasteiger partial charge in [-0.05, 0) is 11.6 Å². The first-order chi connectivity index (χ1) is 7.24. The standard InChI is InChI=1S/C12H14O3/c13-9-12(15)11(14)8-4-7-10-5-2-1-3-6-10/h1-8,12-15H,9H2. The number of benzene rings is 1. The highest BCUT2D eigenvalue weighted by atomic mass is 16.3. The van der Waals surface area contributed by atoms with Crippen LogP contribution >= 0.6 is 0 Å². The van der Waals surface area contributed by atoms with E-state index in [4.69, 9.17) is 10.2 Å². The van der Waals surface area contributed by atoms with Crippen molar-refractivity contribution in [2.45, 2.75) is 6.10 Å². The number of hydrogen-bond acceptors (Lipinski definition) is 3.